The van der Waals surface area contributed by atoms with E-state index >= 15 is 0 Å². The molecule has 1 rings (SSSR count). The van der Waals surface area contributed by atoms with Crippen molar-refractivity contribution in [1.82, 2.24) is 9.88 Å². The van der Waals surface area contributed by atoms with Crippen molar-refractivity contribution in [3.05, 3.63) is 18.2 Å². The molecule has 0 aliphatic carbocycles. The second-order valence-corrected chi connectivity index (χ2v) is 3.26. The van der Waals surface area contributed by atoms with Crippen molar-refractivity contribution in [2.45, 2.75) is 0 Å². The van der Waals surface area contributed by atoms with Crippen LogP contribution in [0.1, 0.15) is 0 Å². The predicted octanol–water partition coefficient (Wildman–Crippen LogP) is 1.06. The van der Waals surface area contributed by atoms with E-state index in [0.717, 1.165) is 12.4 Å². The molecule has 0 aliphatic heterocycles. The number of nitrogens with one attached hydrogen (secondary N) is 1. The van der Waals surface area contributed by atoms with E-state index in [9.17, 15) is 0 Å². The number of hydrogen-bond donors (Lipinski definition) is 1. The predicted molar refractivity (Wildman–Crippen MR) is 57.8 cm³/mol. The maximum absolute atomic E-state index is 5.47. The Kier molecular flexibility index (Phi) is 4.19. The van der Waals surface area contributed by atoms with Crippen molar-refractivity contribution in [3.8, 4) is 5.88 Å². The second kappa shape index (κ2) is 5.44. The van der Waals surface area contributed by atoms with Crippen LogP contribution < -0.4 is 10.1 Å². The molecule has 0 atom stereocenters. The maximum Gasteiger partial charge on any atom is 0.215 e. The molecule has 1 heterocycles. The Hall–Kier alpha value is -1.29. The fourth-order valence-corrected chi connectivity index (χ4v) is 0.967. The van der Waals surface area contributed by atoms with Gasteiger partial charge in [0.2, 0.25) is 5.88 Å². The average molecular weight is 195 g/mol. The molecule has 1 aromatic heterocycles. The van der Waals surface area contributed by atoms with Gasteiger partial charge in [-0.15, -0.1) is 0 Å². The van der Waals surface area contributed by atoms with Gasteiger partial charge in [0.1, 0.15) is 12.4 Å². The lowest BCUT2D eigenvalue weighted by Gasteiger charge is -2.10. The highest BCUT2D eigenvalue weighted by molar-refractivity contribution is 5.35. The summed E-state index contributed by atoms with van der Waals surface area (Å²) in [6, 6.07) is 5.68. The minimum Gasteiger partial charge on any atom is -0.476 e. The number of rotatable bonds is 5. The summed E-state index contributed by atoms with van der Waals surface area (Å²) in [6.45, 7) is 1.55. The first kappa shape index (κ1) is 10.8. The van der Waals surface area contributed by atoms with Gasteiger partial charge in [0.15, 0.2) is 0 Å². The van der Waals surface area contributed by atoms with Crippen LogP contribution in [-0.2, 0) is 0 Å². The van der Waals surface area contributed by atoms with Crippen molar-refractivity contribution in [1.29, 1.82) is 0 Å². The van der Waals surface area contributed by atoms with E-state index in [2.05, 4.69) is 15.2 Å². The second-order valence-electron chi connectivity index (χ2n) is 3.26. The van der Waals surface area contributed by atoms with Crippen molar-refractivity contribution < 1.29 is 4.74 Å². The SMILES string of the molecule is CNc1cccc(OCCN(C)C)n1. The molecule has 4 nitrogen and oxygen atoms in total. The van der Waals surface area contributed by atoms with Crippen LogP contribution in [0.3, 0.4) is 0 Å². The highest BCUT2D eigenvalue weighted by Gasteiger charge is 1.97. The molecular weight excluding hydrogens is 178 g/mol. The molecule has 0 bridgehead atoms. The minimum atomic E-state index is 0.660. The summed E-state index contributed by atoms with van der Waals surface area (Å²) in [5, 5.41) is 2.97. The Labute approximate surface area is 84.9 Å². The molecule has 1 aromatic rings. The third-order valence-corrected chi connectivity index (χ3v) is 1.77. The van der Waals surface area contributed by atoms with Crippen molar-refractivity contribution in [3.63, 3.8) is 0 Å². The number of anilines is 1. The van der Waals surface area contributed by atoms with Gasteiger partial charge in [0, 0.05) is 19.7 Å². The molecular formula is C10H17N3O. The molecule has 0 aromatic carbocycles. The van der Waals surface area contributed by atoms with Crippen LogP contribution >= 0.6 is 0 Å². The minimum absolute atomic E-state index is 0.660. The quantitative estimate of drug-likeness (QED) is 0.762. The summed E-state index contributed by atoms with van der Waals surface area (Å²) < 4.78 is 5.47. The van der Waals surface area contributed by atoms with Crippen molar-refractivity contribution >= 4 is 5.82 Å². The van der Waals surface area contributed by atoms with E-state index in [1.165, 1.54) is 0 Å². The Balaban J connectivity index is 2.42. The molecule has 0 radical (unpaired) electrons. The molecule has 0 spiro atoms. The van der Waals surface area contributed by atoms with Crippen LogP contribution in [0.25, 0.3) is 0 Å². The lowest BCUT2D eigenvalue weighted by atomic mass is 10.4. The zero-order valence-corrected chi connectivity index (χ0v) is 8.95. The molecule has 0 fully saturated rings. The first-order valence-electron chi connectivity index (χ1n) is 4.64. The molecule has 0 unspecified atom stereocenters. The summed E-state index contributed by atoms with van der Waals surface area (Å²) >= 11 is 0. The third-order valence-electron chi connectivity index (χ3n) is 1.77. The number of ether oxygens (including phenoxy) is 1. The van der Waals surface area contributed by atoms with Gasteiger partial charge in [-0.05, 0) is 20.2 Å². The smallest absolute Gasteiger partial charge is 0.215 e. The molecule has 14 heavy (non-hydrogen) atoms. The number of likely N-dealkylation sites (N-methyl/N-ethyl adjacent to an activating group) is 1. The number of pyridine rings is 1. The number of aromatic nitrogens is 1. The molecule has 1 N–H and O–H groups in total. The molecule has 0 saturated carbocycles. The molecule has 0 aliphatic rings. The van der Waals surface area contributed by atoms with Gasteiger partial charge in [-0.2, -0.15) is 4.98 Å². The molecule has 0 amide bonds. The fraction of sp³-hybridized carbons (Fsp3) is 0.500. The monoisotopic (exact) mass is 195 g/mol. The summed E-state index contributed by atoms with van der Waals surface area (Å²) in [6.07, 6.45) is 0. The Morgan fingerprint density at radius 2 is 2.21 bits per heavy atom. The topological polar surface area (TPSA) is 37.4 Å². The van der Waals surface area contributed by atoms with Gasteiger partial charge >= 0.3 is 0 Å². The largest absolute Gasteiger partial charge is 0.476 e. The van der Waals surface area contributed by atoms with Crippen LogP contribution in [0.5, 0.6) is 5.88 Å². The molecule has 0 saturated heterocycles. The Morgan fingerprint density at radius 1 is 1.43 bits per heavy atom. The van der Waals surface area contributed by atoms with Gasteiger partial charge in [0.05, 0.1) is 0 Å². The summed E-state index contributed by atoms with van der Waals surface area (Å²) in [7, 11) is 5.87. The lowest BCUT2D eigenvalue weighted by Crippen LogP contribution is -2.19. The Bertz CT molecular complexity index is 276. The van der Waals surface area contributed by atoms with Gasteiger partial charge in [-0.25, -0.2) is 0 Å². The van der Waals surface area contributed by atoms with E-state index in [1.807, 2.05) is 39.3 Å². The standard InChI is InChI=1S/C10H17N3O/c1-11-9-5-4-6-10(12-9)14-8-7-13(2)3/h4-6H,7-8H2,1-3H3,(H,11,12). The van der Waals surface area contributed by atoms with Gasteiger partial charge < -0.3 is 15.0 Å². The zero-order valence-electron chi connectivity index (χ0n) is 8.95. The fourth-order valence-electron chi connectivity index (χ4n) is 0.967. The number of nitrogens with zero attached hydrogens (tertiary/aromatic N) is 2. The van der Waals surface area contributed by atoms with Crippen LogP contribution in [0.2, 0.25) is 0 Å². The maximum atomic E-state index is 5.47. The first-order valence-corrected chi connectivity index (χ1v) is 4.64. The van der Waals surface area contributed by atoms with Crippen LogP contribution in [0.4, 0.5) is 5.82 Å². The summed E-state index contributed by atoms with van der Waals surface area (Å²) in [4.78, 5) is 6.31. The normalized spacial score (nSPS) is 10.3. The van der Waals surface area contributed by atoms with Crippen LogP contribution in [0, 0.1) is 0 Å². The summed E-state index contributed by atoms with van der Waals surface area (Å²) in [5.41, 5.74) is 0. The highest BCUT2D eigenvalue weighted by atomic mass is 16.5. The first-order chi connectivity index (χ1) is 6.72. The van der Waals surface area contributed by atoms with Crippen LogP contribution in [-0.4, -0.2) is 44.2 Å². The van der Waals surface area contributed by atoms with Gasteiger partial charge in [0.25, 0.3) is 0 Å². The van der Waals surface area contributed by atoms with Crippen molar-refractivity contribution in [2.24, 2.45) is 0 Å². The molecule has 4 heteroatoms. The van der Waals surface area contributed by atoms with Crippen molar-refractivity contribution in [2.75, 3.05) is 39.6 Å². The Morgan fingerprint density at radius 3 is 2.86 bits per heavy atom. The number of hydrogen-bond acceptors (Lipinski definition) is 4. The van der Waals surface area contributed by atoms with Gasteiger partial charge in [-0.1, -0.05) is 6.07 Å². The van der Waals surface area contributed by atoms with E-state index < -0.39 is 0 Å². The zero-order chi connectivity index (χ0) is 10.4. The molecule has 78 valence electrons. The van der Waals surface area contributed by atoms with E-state index in [0.29, 0.717) is 12.5 Å². The van der Waals surface area contributed by atoms with E-state index in [4.69, 9.17) is 4.74 Å². The lowest BCUT2D eigenvalue weighted by molar-refractivity contribution is 0.254. The summed E-state index contributed by atoms with van der Waals surface area (Å²) in [5.74, 6) is 1.49. The highest BCUT2D eigenvalue weighted by Crippen LogP contribution is 2.10. The third kappa shape index (κ3) is 3.62. The average Bonchev–Trinajstić information content (AvgIpc) is 2.18. The van der Waals surface area contributed by atoms with E-state index in [1.54, 1.807) is 0 Å². The van der Waals surface area contributed by atoms with Gasteiger partial charge in [-0.3, -0.25) is 0 Å². The van der Waals surface area contributed by atoms with E-state index in [-0.39, 0.29) is 0 Å². The van der Waals surface area contributed by atoms with Crippen LogP contribution in [0.15, 0.2) is 18.2 Å².